The second-order valence-electron chi connectivity index (χ2n) is 8.20. The minimum absolute atomic E-state index is 0.0995. The van der Waals surface area contributed by atoms with Crippen LogP contribution in [0.2, 0.25) is 0 Å². The number of benzene rings is 2. The molecule has 3 atom stereocenters. The number of rotatable bonds is 5. The van der Waals surface area contributed by atoms with Crippen LogP contribution in [0.5, 0.6) is 5.75 Å². The van der Waals surface area contributed by atoms with E-state index in [0.717, 1.165) is 12.1 Å². The minimum atomic E-state index is -4.20. The normalized spacial score (nSPS) is 22.5. The molecule has 2 aromatic rings. The van der Waals surface area contributed by atoms with Crippen molar-refractivity contribution in [1.29, 1.82) is 0 Å². The highest BCUT2D eigenvalue weighted by Gasteiger charge is 2.39. The Balaban J connectivity index is 1.56. The highest BCUT2D eigenvalue weighted by Crippen LogP contribution is 2.33. The van der Waals surface area contributed by atoms with Crippen LogP contribution in [-0.2, 0) is 24.3 Å². The van der Waals surface area contributed by atoms with Crippen molar-refractivity contribution in [3.63, 3.8) is 0 Å². The standard InChI is InChI=1S/C23H25FN2O7S/c1-26-18-9-8-15(12-22(27)31-2)33-20(18)13-32-19-10-7-14(11-16(19)23(26)28)25-34(29,30)21-6-4-3-5-17(21)24/h3-7,10-11,15,18,20,25H,8-9,12-13H2,1-2H3/t15-,18+,20-/m0/s1. The Kier molecular flexibility index (Phi) is 6.76. The molecule has 0 spiro atoms. The highest BCUT2D eigenvalue weighted by molar-refractivity contribution is 7.92. The third kappa shape index (κ3) is 4.85. The lowest BCUT2D eigenvalue weighted by Crippen LogP contribution is -2.53. The number of anilines is 1. The SMILES string of the molecule is COC(=O)C[C@@H]1CC[C@@H]2[C@H](COc3ccc(NS(=O)(=O)c4ccccc4F)cc3C(=O)N2C)O1. The van der Waals surface area contributed by atoms with Crippen molar-refractivity contribution in [2.75, 3.05) is 25.5 Å². The molecule has 4 rings (SSSR count). The zero-order valence-electron chi connectivity index (χ0n) is 18.7. The Bertz CT molecular complexity index is 1200. The van der Waals surface area contributed by atoms with Gasteiger partial charge in [-0.1, -0.05) is 12.1 Å². The summed E-state index contributed by atoms with van der Waals surface area (Å²) in [5.74, 6) is -1.35. The average Bonchev–Trinajstić information content (AvgIpc) is 2.81. The molecular formula is C23H25FN2O7S. The second kappa shape index (κ2) is 9.59. The molecule has 1 fully saturated rings. The Morgan fingerprint density at radius 1 is 1.24 bits per heavy atom. The predicted octanol–water partition coefficient (Wildman–Crippen LogP) is 2.57. The Morgan fingerprint density at radius 2 is 2.00 bits per heavy atom. The Hall–Kier alpha value is -3.18. The molecule has 0 unspecified atom stereocenters. The number of hydrogen-bond donors (Lipinski definition) is 1. The van der Waals surface area contributed by atoms with Crippen LogP contribution < -0.4 is 9.46 Å². The van der Waals surface area contributed by atoms with Crippen molar-refractivity contribution in [2.24, 2.45) is 0 Å². The van der Waals surface area contributed by atoms with Gasteiger partial charge in [0, 0.05) is 12.7 Å². The van der Waals surface area contributed by atoms with Crippen LogP contribution >= 0.6 is 0 Å². The van der Waals surface area contributed by atoms with Gasteiger partial charge in [-0.3, -0.25) is 14.3 Å². The van der Waals surface area contributed by atoms with E-state index >= 15 is 0 Å². The number of likely N-dealkylation sites (N-methyl/N-ethyl adjacent to an activating group) is 1. The lowest BCUT2D eigenvalue weighted by atomic mass is 9.94. The zero-order chi connectivity index (χ0) is 24.5. The number of nitrogens with one attached hydrogen (secondary N) is 1. The van der Waals surface area contributed by atoms with E-state index in [4.69, 9.17) is 14.2 Å². The van der Waals surface area contributed by atoms with Gasteiger partial charge in [-0.25, -0.2) is 12.8 Å². The van der Waals surface area contributed by atoms with Crippen LogP contribution in [0.3, 0.4) is 0 Å². The average molecular weight is 493 g/mol. The van der Waals surface area contributed by atoms with E-state index in [-0.39, 0.29) is 54.1 Å². The van der Waals surface area contributed by atoms with Gasteiger partial charge in [0.15, 0.2) is 0 Å². The second-order valence-corrected chi connectivity index (χ2v) is 9.85. The quantitative estimate of drug-likeness (QED) is 0.639. The van der Waals surface area contributed by atoms with Crippen LogP contribution in [-0.4, -0.2) is 64.2 Å². The fourth-order valence-corrected chi connectivity index (χ4v) is 5.36. The molecule has 1 N–H and O–H groups in total. The van der Waals surface area contributed by atoms with Gasteiger partial charge in [-0.2, -0.15) is 0 Å². The van der Waals surface area contributed by atoms with Gasteiger partial charge in [-0.05, 0) is 43.2 Å². The molecule has 34 heavy (non-hydrogen) atoms. The molecular weight excluding hydrogens is 467 g/mol. The number of ether oxygens (including phenoxy) is 3. The summed E-state index contributed by atoms with van der Waals surface area (Å²) in [6.45, 7) is 0.146. The maximum Gasteiger partial charge on any atom is 0.308 e. The summed E-state index contributed by atoms with van der Waals surface area (Å²) in [6, 6.07) is 9.03. The van der Waals surface area contributed by atoms with Crippen molar-refractivity contribution in [3.8, 4) is 5.75 Å². The van der Waals surface area contributed by atoms with Gasteiger partial charge in [-0.15, -0.1) is 0 Å². The van der Waals surface area contributed by atoms with Gasteiger partial charge >= 0.3 is 5.97 Å². The number of sulfonamides is 1. The summed E-state index contributed by atoms with van der Waals surface area (Å²) in [5, 5.41) is 0. The molecule has 1 saturated heterocycles. The highest BCUT2D eigenvalue weighted by atomic mass is 32.2. The third-order valence-corrected chi connectivity index (χ3v) is 7.43. The maximum absolute atomic E-state index is 14.0. The van der Waals surface area contributed by atoms with E-state index in [2.05, 4.69) is 4.72 Å². The third-order valence-electron chi connectivity index (χ3n) is 6.01. The molecule has 0 aromatic heterocycles. The van der Waals surface area contributed by atoms with Crippen LogP contribution in [0, 0.1) is 5.82 Å². The lowest BCUT2D eigenvalue weighted by molar-refractivity contribution is -0.151. The Morgan fingerprint density at radius 3 is 2.74 bits per heavy atom. The van der Waals surface area contributed by atoms with Crippen LogP contribution in [0.15, 0.2) is 47.4 Å². The molecule has 182 valence electrons. The molecule has 2 aliphatic heterocycles. The summed E-state index contributed by atoms with van der Waals surface area (Å²) < 4.78 is 58.2. The van der Waals surface area contributed by atoms with E-state index in [1.165, 1.54) is 37.4 Å². The number of carbonyl (C=O) groups excluding carboxylic acids is 2. The number of amides is 1. The van der Waals surface area contributed by atoms with E-state index < -0.39 is 26.8 Å². The van der Waals surface area contributed by atoms with E-state index in [0.29, 0.717) is 12.8 Å². The lowest BCUT2D eigenvalue weighted by Gasteiger charge is -2.42. The van der Waals surface area contributed by atoms with Crippen molar-refractivity contribution < 1.29 is 36.6 Å². The van der Waals surface area contributed by atoms with E-state index in [1.807, 2.05) is 0 Å². The summed E-state index contributed by atoms with van der Waals surface area (Å²) in [5.41, 5.74) is 0.272. The molecule has 0 aliphatic carbocycles. The summed E-state index contributed by atoms with van der Waals surface area (Å²) in [6.07, 6.45) is 0.537. The first kappa shape index (κ1) is 24.0. The first-order chi connectivity index (χ1) is 16.2. The molecule has 0 saturated carbocycles. The molecule has 2 heterocycles. The zero-order valence-corrected chi connectivity index (χ0v) is 19.5. The summed E-state index contributed by atoms with van der Waals surface area (Å²) >= 11 is 0. The molecule has 2 aliphatic rings. The largest absolute Gasteiger partial charge is 0.490 e. The van der Waals surface area contributed by atoms with Crippen molar-refractivity contribution in [2.45, 2.75) is 42.4 Å². The topological polar surface area (TPSA) is 111 Å². The number of nitrogens with zero attached hydrogens (tertiary/aromatic N) is 1. The smallest absolute Gasteiger partial charge is 0.308 e. The number of carbonyl (C=O) groups is 2. The first-order valence-corrected chi connectivity index (χ1v) is 12.2. The number of esters is 1. The molecule has 2 aromatic carbocycles. The molecule has 11 heteroatoms. The van der Waals surface area contributed by atoms with Crippen LogP contribution in [0.1, 0.15) is 29.6 Å². The predicted molar refractivity (Wildman–Crippen MR) is 120 cm³/mol. The van der Waals surface area contributed by atoms with E-state index in [9.17, 15) is 22.4 Å². The number of fused-ring (bicyclic) bond motifs is 2. The van der Waals surface area contributed by atoms with Gasteiger partial charge in [0.1, 0.15) is 29.2 Å². The fourth-order valence-electron chi connectivity index (χ4n) is 4.23. The molecule has 0 bridgehead atoms. The maximum atomic E-state index is 14.0. The van der Waals surface area contributed by atoms with Crippen LogP contribution in [0.4, 0.5) is 10.1 Å². The van der Waals surface area contributed by atoms with Crippen molar-refractivity contribution >= 4 is 27.6 Å². The number of halogens is 1. The molecule has 9 nitrogen and oxygen atoms in total. The summed E-state index contributed by atoms with van der Waals surface area (Å²) in [4.78, 5) is 25.9. The van der Waals surface area contributed by atoms with Gasteiger partial charge < -0.3 is 19.1 Å². The number of methoxy groups -OCH3 is 1. The van der Waals surface area contributed by atoms with Crippen LogP contribution in [0.25, 0.3) is 0 Å². The van der Waals surface area contributed by atoms with Crippen molar-refractivity contribution in [1.82, 2.24) is 4.90 Å². The van der Waals surface area contributed by atoms with Gasteiger partial charge in [0.05, 0.1) is 31.2 Å². The minimum Gasteiger partial charge on any atom is -0.490 e. The first-order valence-electron chi connectivity index (χ1n) is 10.7. The van der Waals surface area contributed by atoms with Gasteiger partial charge in [0.25, 0.3) is 15.9 Å². The van der Waals surface area contributed by atoms with E-state index in [1.54, 1.807) is 11.9 Å². The summed E-state index contributed by atoms with van der Waals surface area (Å²) in [7, 11) is -1.24. The van der Waals surface area contributed by atoms with Crippen molar-refractivity contribution in [3.05, 3.63) is 53.8 Å². The number of hydrogen-bond acceptors (Lipinski definition) is 7. The van der Waals surface area contributed by atoms with Gasteiger partial charge in [0.2, 0.25) is 0 Å². The monoisotopic (exact) mass is 492 g/mol. The fraction of sp³-hybridized carbons (Fsp3) is 0.391. The molecule has 0 radical (unpaired) electrons. The molecule has 1 amide bonds. The Labute approximate surface area is 196 Å².